The van der Waals surface area contributed by atoms with Gasteiger partial charge in [-0.3, -0.25) is 4.90 Å². The zero-order valence-electron chi connectivity index (χ0n) is 13.4. The Morgan fingerprint density at radius 2 is 1.57 bits per heavy atom. The third-order valence-electron chi connectivity index (χ3n) is 3.49. The number of piperazine rings is 1. The van der Waals surface area contributed by atoms with E-state index in [0.717, 1.165) is 31.9 Å². The van der Waals surface area contributed by atoms with Gasteiger partial charge >= 0.3 is 0 Å². The van der Waals surface area contributed by atoms with E-state index in [9.17, 15) is 0 Å². The predicted octanol–water partition coefficient (Wildman–Crippen LogP) is 3.71. The van der Waals surface area contributed by atoms with E-state index in [1.807, 2.05) is 0 Å². The van der Waals surface area contributed by atoms with Gasteiger partial charge in [-0.05, 0) is 44.3 Å². The van der Waals surface area contributed by atoms with Crippen LogP contribution in [0.2, 0.25) is 19.6 Å². The van der Waals surface area contributed by atoms with Gasteiger partial charge in [0.2, 0.25) is 8.32 Å². The van der Waals surface area contributed by atoms with Crippen molar-refractivity contribution in [3.05, 3.63) is 29.8 Å². The Morgan fingerprint density at radius 3 is 2.05 bits per heavy atom. The minimum atomic E-state index is -1.49. The van der Waals surface area contributed by atoms with Crippen LogP contribution in [0, 0.1) is 0 Å². The molecule has 3 nitrogen and oxygen atoms in total. The summed E-state index contributed by atoms with van der Waals surface area (Å²) in [6, 6.07) is 9.14. The molecule has 0 bridgehead atoms. The summed E-state index contributed by atoms with van der Waals surface area (Å²) in [6.07, 6.45) is 0. The third-order valence-corrected chi connectivity index (χ3v) is 4.33. The Labute approximate surface area is 142 Å². The van der Waals surface area contributed by atoms with E-state index in [2.05, 4.69) is 61.0 Å². The van der Waals surface area contributed by atoms with E-state index in [4.69, 9.17) is 4.43 Å². The van der Waals surface area contributed by atoms with Crippen molar-refractivity contribution in [3.8, 4) is 5.75 Å². The molecule has 1 heterocycles. The number of nitrogens with zero attached hydrogens (tertiary/aromatic N) is 1. The van der Waals surface area contributed by atoms with Crippen LogP contribution < -0.4 is 9.74 Å². The SMILES string of the molecule is C[C@H](c1ccc(O[Si](C)(C)C)cc1)N1CCNCC1.Cl.Cl. The number of hydrogen-bond acceptors (Lipinski definition) is 3. The largest absolute Gasteiger partial charge is 0.544 e. The monoisotopic (exact) mass is 350 g/mol. The Morgan fingerprint density at radius 1 is 1.05 bits per heavy atom. The molecule has 0 aliphatic carbocycles. The van der Waals surface area contributed by atoms with Gasteiger partial charge in [-0.1, -0.05) is 12.1 Å². The van der Waals surface area contributed by atoms with E-state index < -0.39 is 8.32 Å². The molecule has 0 aromatic heterocycles. The highest BCUT2D eigenvalue weighted by atomic mass is 35.5. The molecule has 1 saturated heterocycles. The average molecular weight is 351 g/mol. The van der Waals surface area contributed by atoms with Crippen molar-refractivity contribution in [3.63, 3.8) is 0 Å². The van der Waals surface area contributed by atoms with Crippen LogP contribution in [0.4, 0.5) is 0 Å². The lowest BCUT2D eigenvalue weighted by molar-refractivity contribution is 0.185. The van der Waals surface area contributed by atoms with E-state index in [1.54, 1.807) is 0 Å². The fourth-order valence-electron chi connectivity index (χ4n) is 2.45. The zero-order chi connectivity index (χ0) is 13.9. The lowest BCUT2D eigenvalue weighted by atomic mass is 10.1. The molecule has 0 unspecified atom stereocenters. The average Bonchev–Trinajstić information content (AvgIpc) is 2.38. The minimum Gasteiger partial charge on any atom is -0.544 e. The number of rotatable bonds is 4. The van der Waals surface area contributed by atoms with Crippen LogP contribution in [0.25, 0.3) is 0 Å². The second kappa shape index (κ2) is 9.01. The maximum atomic E-state index is 6.00. The third kappa shape index (κ3) is 6.57. The molecule has 1 atom stereocenters. The summed E-state index contributed by atoms with van der Waals surface area (Å²) in [7, 11) is -1.49. The smallest absolute Gasteiger partial charge is 0.242 e. The van der Waals surface area contributed by atoms with Crippen molar-refractivity contribution in [1.82, 2.24) is 10.2 Å². The van der Waals surface area contributed by atoms with Crippen molar-refractivity contribution in [2.24, 2.45) is 0 Å². The number of halogens is 2. The fourth-order valence-corrected chi connectivity index (χ4v) is 3.29. The molecule has 2 rings (SSSR count). The van der Waals surface area contributed by atoms with Crippen LogP contribution >= 0.6 is 24.8 Å². The molecule has 122 valence electrons. The first-order valence-corrected chi connectivity index (χ1v) is 10.6. The van der Waals surface area contributed by atoms with Gasteiger partial charge in [0.25, 0.3) is 0 Å². The minimum absolute atomic E-state index is 0. The van der Waals surface area contributed by atoms with Crippen molar-refractivity contribution >= 4 is 33.1 Å². The molecule has 21 heavy (non-hydrogen) atoms. The molecule has 1 N–H and O–H groups in total. The van der Waals surface area contributed by atoms with Crippen LogP contribution in [0.1, 0.15) is 18.5 Å². The predicted molar refractivity (Wildman–Crippen MR) is 97.8 cm³/mol. The van der Waals surface area contributed by atoms with Crippen molar-refractivity contribution < 1.29 is 4.43 Å². The Hall–Kier alpha value is -0.263. The summed E-state index contributed by atoms with van der Waals surface area (Å²) in [4.78, 5) is 2.53. The van der Waals surface area contributed by atoms with Gasteiger partial charge in [0.15, 0.2) is 0 Å². The number of nitrogens with one attached hydrogen (secondary N) is 1. The Kier molecular flexibility index (Phi) is 8.89. The summed E-state index contributed by atoms with van der Waals surface area (Å²) in [5.41, 5.74) is 1.38. The quantitative estimate of drug-likeness (QED) is 0.837. The first-order valence-electron chi connectivity index (χ1n) is 7.19. The van der Waals surface area contributed by atoms with Crippen LogP contribution in [0.15, 0.2) is 24.3 Å². The Balaban J connectivity index is 0.00000200. The second-order valence-electron chi connectivity index (χ2n) is 6.25. The van der Waals surface area contributed by atoms with Gasteiger partial charge < -0.3 is 9.74 Å². The Bertz CT molecular complexity index is 403. The molecule has 0 radical (unpaired) electrons. The molecular formula is C15H28Cl2N2OSi. The molecule has 1 fully saturated rings. The summed E-state index contributed by atoms with van der Waals surface area (Å²) >= 11 is 0. The van der Waals surface area contributed by atoms with Crippen molar-refractivity contribution in [1.29, 1.82) is 0 Å². The lowest BCUT2D eigenvalue weighted by Gasteiger charge is -2.33. The van der Waals surface area contributed by atoms with Gasteiger partial charge in [-0.2, -0.15) is 0 Å². The maximum Gasteiger partial charge on any atom is 0.242 e. The molecule has 6 heteroatoms. The van der Waals surface area contributed by atoms with Gasteiger partial charge in [0.1, 0.15) is 5.75 Å². The molecule has 0 spiro atoms. The van der Waals surface area contributed by atoms with Gasteiger partial charge in [-0.25, -0.2) is 0 Å². The topological polar surface area (TPSA) is 24.5 Å². The highest BCUT2D eigenvalue weighted by Crippen LogP contribution is 2.24. The summed E-state index contributed by atoms with van der Waals surface area (Å²) in [6.45, 7) is 13.4. The van der Waals surface area contributed by atoms with E-state index in [-0.39, 0.29) is 24.8 Å². The highest BCUT2D eigenvalue weighted by molar-refractivity contribution is 6.70. The zero-order valence-corrected chi connectivity index (χ0v) is 16.0. The molecular weight excluding hydrogens is 323 g/mol. The van der Waals surface area contributed by atoms with E-state index in [1.165, 1.54) is 5.56 Å². The van der Waals surface area contributed by atoms with E-state index in [0.29, 0.717) is 6.04 Å². The van der Waals surface area contributed by atoms with Gasteiger partial charge in [0.05, 0.1) is 0 Å². The van der Waals surface area contributed by atoms with Crippen LogP contribution in [0.5, 0.6) is 5.75 Å². The van der Waals surface area contributed by atoms with Crippen molar-refractivity contribution in [2.75, 3.05) is 26.2 Å². The highest BCUT2D eigenvalue weighted by Gasteiger charge is 2.19. The molecule has 1 aromatic rings. The number of benzene rings is 1. The van der Waals surface area contributed by atoms with Crippen molar-refractivity contribution in [2.45, 2.75) is 32.6 Å². The fraction of sp³-hybridized carbons (Fsp3) is 0.600. The second-order valence-corrected chi connectivity index (χ2v) is 10.7. The van der Waals surface area contributed by atoms with Crippen LogP contribution in [-0.4, -0.2) is 39.4 Å². The summed E-state index contributed by atoms with van der Waals surface area (Å²) in [5, 5.41) is 3.40. The molecule has 1 aliphatic rings. The summed E-state index contributed by atoms with van der Waals surface area (Å²) < 4.78 is 6.00. The molecule has 1 aliphatic heterocycles. The van der Waals surface area contributed by atoms with Gasteiger partial charge in [-0.15, -0.1) is 24.8 Å². The summed E-state index contributed by atoms with van der Waals surface area (Å²) in [5.74, 6) is 1.01. The van der Waals surface area contributed by atoms with Gasteiger partial charge in [0, 0.05) is 32.2 Å². The molecule has 1 aromatic carbocycles. The van der Waals surface area contributed by atoms with E-state index >= 15 is 0 Å². The normalized spacial score (nSPS) is 17.3. The maximum absolute atomic E-state index is 6.00. The molecule has 0 saturated carbocycles. The first kappa shape index (κ1) is 20.7. The molecule has 0 amide bonds. The van der Waals surface area contributed by atoms with Crippen LogP contribution in [0.3, 0.4) is 0 Å². The lowest BCUT2D eigenvalue weighted by Crippen LogP contribution is -2.44. The van der Waals surface area contributed by atoms with Crippen LogP contribution in [-0.2, 0) is 0 Å². The number of hydrogen-bond donors (Lipinski definition) is 1. The first-order chi connectivity index (χ1) is 8.96. The standard InChI is InChI=1S/C15H26N2OSi.2ClH/c1-13(17-11-9-16-10-12-17)14-5-7-15(8-6-14)18-19(2,3)4;;/h5-8,13,16H,9-12H2,1-4H3;2*1H/t13-;;/m1../s1.